The van der Waals surface area contributed by atoms with Crippen LogP contribution < -0.4 is 9.44 Å². The fourth-order valence-electron chi connectivity index (χ4n) is 3.46. The van der Waals surface area contributed by atoms with E-state index in [0.717, 1.165) is 11.1 Å². The third-order valence-corrected chi connectivity index (χ3v) is 8.54. The van der Waals surface area contributed by atoms with Gasteiger partial charge >= 0.3 is 0 Å². The highest BCUT2D eigenvalue weighted by atomic mass is 35.5. The summed E-state index contributed by atoms with van der Waals surface area (Å²) in [5.41, 5.74) is 2.47. The van der Waals surface area contributed by atoms with Gasteiger partial charge in [-0.3, -0.25) is 0 Å². The maximum Gasteiger partial charge on any atom is 0.279 e. The highest BCUT2D eigenvalue weighted by Crippen LogP contribution is 2.24. The van der Waals surface area contributed by atoms with Gasteiger partial charge in [0, 0.05) is 36.6 Å². The lowest BCUT2D eigenvalue weighted by atomic mass is 10.0. The smallest absolute Gasteiger partial charge is 0.279 e. The molecule has 0 spiro atoms. The normalized spacial score (nSPS) is 16.2. The number of benzene rings is 2. The first-order valence-corrected chi connectivity index (χ1v) is 13.3. The van der Waals surface area contributed by atoms with Crippen LogP contribution in [-0.4, -0.2) is 45.9 Å². The Balaban J connectivity index is 1.32. The van der Waals surface area contributed by atoms with Crippen molar-refractivity contribution in [2.45, 2.75) is 24.8 Å². The molecule has 1 aliphatic rings. The van der Waals surface area contributed by atoms with Crippen molar-refractivity contribution < 1.29 is 21.4 Å². The van der Waals surface area contributed by atoms with E-state index < -0.39 is 20.2 Å². The Morgan fingerprint density at radius 3 is 2.69 bits per heavy atom. The van der Waals surface area contributed by atoms with Gasteiger partial charge in [0.15, 0.2) is 5.58 Å². The van der Waals surface area contributed by atoms with Crippen molar-refractivity contribution in [1.82, 2.24) is 18.9 Å². The van der Waals surface area contributed by atoms with E-state index in [-0.39, 0.29) is 30.4 Å². The minimum atomic E-state index is -3.75. The molecule has 4 rings (SSSR count). The first-order chi connectivity index (χ1) is 15.1. The molecule has 0 bridgehead atoms. The molecule has 3 aromatic rings. The van der Waals surface area contributed by atoms with Crippen molar-refractivity contribution in [2.24, 2.45) is 5.92 Å². The molecule has 0 unspecified atom stereocenters. The lowest BCUT2D eigenvalue weighted by Crippen LogP contribution is -2.45. The van der Waals surface area contributed by atoms with Crippen LogP contribution in [0.5, 0.6) is 0 Å². The van der Waals surface area contributed by atoms with Crippen LogP contribution in [0, 0.1) is 5.92 Å². The van der Waals surface area contributed by atoms with E-state index >= 15 is 0 Å². The van der Waals surface area contributed by atoms with Crippen molar-refractivity contribution in [2.75, 3.05) is 19.6 Å². The average Bonchev–Trinajstić information content (AvgIpc) is 3.24. The highest BCUT2D eigenvalue weighted by molar-refractivity contribution is 7.89. The number of nitrogens with one attached hydrogen (secondary N) is 2. The van der Waals surface area contributed by atoms with Gasteiger partial charge in [-0.05, 0) is 53.8 Å². The second-order valence-electron chi connectivity index (χ2n) is 7.83. The molecule has 2 heterocycles. The van der Waals surface area contributed by atoms with Crippen molar-refractivity contribution in [1.29, 1.82) is 0 Å². The van der Waals surface area contributed by atoms with Crippen molar-refractivity contribution in [3.05, 3.63) is 58.7 Å². The van der Waals surface area contributed by atoms with Crippen LogP contribution in [0.2, 0.25) is 5.02 Å². The van der Waals surface area contributed by atoms with Gasteiger partial charge in [0.1, 0.15) is 0 Å². The van der Waals surface area contributed by atoms with E-state index in [4.69, 9.17) is 16.1 Å². The Hall–Kier alpha value is -2.02. The van der Waals surface area contributed by atoms with Crippen LogP contribution in [0.25, 0.3) is 11.0 Å². The number of rotatable bonds is 8. The van der Waals surface area contributed by atoms with E-state index in [2.05, 4.69) is 14.6 Å². The van der Waals surface area contributed by atoms with Gasteiger partial charge in [-0.1, -0.05) is 29.7 Å². The van der Waals surface area contributed by atoms with E-state index in [1.54, 1.807) is 19.1 Å². The average molecular weight is 499 g/mol. The van der Waals surface area contributed by atoms with Crippen LogP contribution in [0.15, 0.2) is 52.0 Å². The van der Waals surface area contributed by atoms with Crippen molar-refractivity contribution >= 4 is 42.8 Å². The van der Waals surface area contributed by atoms with Gasteiger partial charge in [-0.25, -0.2) is 17.9 Å². The molecule has 0 radical (unpaired) electrons. The summed E-state index contributed by atoms with van der Waals surface area (Å²) in [6.45, 7) is 2.57. The summed E-state index contributed by atoms with van der Waals surface area (Å²) in [6.07, 6.45) is 2.03. The topological polar surface area (TPSA) is 122 Å². The predicted molar refractivity (Wildman–Crippen MR) is 121 cm³/mol. The fourth-order valence-corrected chi connectivity index (χ4v) is 6.18. The lowest BCUT2D eigenvalue weighted by Gasteiger charge is -2.28. The van der Waals surface area contributed by atoms with Crippen molar-refractivity contribution in [3.8, 4) is 0 Å². The number of halogens is 1. The van der Waals surface area contributed by atoms with Crippen LogP contribution in [0.3, 0.4) is 0 Å². The van der Waals surface area contributed by atoms with Crippen LogP contribution in [0.4, 0.5) is 0 Å². The summed E-state index contributed by atoms with van der Waals surface area (Å²) < 4.78 is 62.1. The largest absolute Gasteiger partial charge is 0.356 e. The molecule has 0 fully saturated rings. The standard InChI is InChI=1S/C20H23ClN4O5S2/c1-14(10-23-31(26,27)19-4-5-20-17(9-19)12-22-30-20)11-24-32(28,29)25-7-6-15-8-18(21)3-2-16(15)13-25/h2-5,8-9,12,14,23-24H,6-7,10-11,13H2,1H3/t14-/m0/s1. The summed E-state index contributed by atoms with van der Waals surface area (Å²) >= 11 is 6.01. The molecule has 0 aliphatic carbocycles. The summed E-state index contributed by atoms with van der Waals surface area (Å²) in [5, 5.41) is 4.85. The molecule has 2 aromatic carbocycles. The molecular formula is C20H23ClN4O5S2. The molecular weight excluding hydrogens is 476 g/mol. The Morgan fingerprint density at radius 2 is 1.88 bits per heavy atom. The monoisotopic (exact) mass is 498 g/mol. The SMILES string of the molecule is C[C@@H](CNS(=O)(=O)c1ccc2oncc2c1)CNS(=O)(=O)N1CCc2cc(Cl)ccc2C1. The van der Waals surface area contributed by atoms with Gasteiger partial charge < -0.3 is 4.52 Å². The van der Waals surface area contributed by atoms with Gasteiger partial charge in [0.05, 0.1) is 11.1 Å². The summed E-state index contributed by atoms with van der Waals surface area (Å²) in [7, 11) is -7.45. The molecule has 1 aromatic heterocycles. The Labute approximate surface area is 192 Å². The molecule has 1 aliphatic heterocycles. The molecule has 172 valence electrons. The van der Waals surface area contributed by atoms with Crippen molar-refractivity contribution in [3.63, 3.8) is 0 Å². The molecule has 9 nitrogen and oxygen atoms in total. The zero-order valence-electron chi connectivity index (χ0n) is 17.3. The number of aromatic nitrogens is 1. The van der Waals surface area contributed by atoms with Crippen LogP contribution >= 0.6 is 11.6 Å². The van der Waals surface area contributed by atoms with Gasteiger partial charge in [-0.2, -0.15) is 12.7 Å². The molecule has 1 atom stereocenters. The third kappa shape index (κ3) is 5.13. The minimum absolute atomic E-state index is 0.0772. The molecule has 2 N–H and O–H groups in total. The predicted octanol–water partition coefficient (Wildman–Crippen LogP) is 2.29. The first kappa shape index (κ1) is 23.1. The van der Waals surface area contributed by atoms with Gasteiger partial charge in [-0.15, -0.1) is 0 Å². The zero-order valence-corrected chi connectivity index (χ0v) is 19.7. The summed E-state index contributed by atoms with van der Waals surface area (Å²) in [5.74, 6) is -0.269. The maximum absolute atomic E-state index is 12.7. The fraction of sp³-hybridized carbons (Fsp3) is 0.350. The maximum atomic E-state index is 12.7. The molecule has 0 saturated heterocycles. The quantitative estimate of drug-likeness (QED) is 0.491. The number of nitrogens with zero attached hydrogens (tertiary/aromatic N) is 2. The Bertz CT molecular complexity index is 1340. The minimum Gasteiger partial charge on any atom is -0.356 e. The lowest BCUT2D eigenvalue weighted by molar-refractivity contribution is 0.380. The molecule has 32 heavy (non-hydrogen) atoms. The summed E-state index contributed by atoms with van der Waals surface area (Å²) in [6, 6.07) is 9.91. The van der Waals surface area contributed by atoms with E-state index in [0.29, 0.717) is 29.0 Å². The zero-order chi connectivity index (χ0) is 22.9. The first-order valence-electron chi connectivity index (χ1n) is 10.0. The number of sulfonamides is 1. The van der Waals surface area contributed by atoms with Crippen LogP contribution in [0.1, 0.15) is 18.1 Å². The second-order valence-corrected chi connectivity index (χ2v) is 11.8. The highest BCUT2D eigenvalue weighted by Gasteiger charge is 2.27. The Morgan fingerprint density at radius 1 is 1.09 bits per heavy atom. The van der Waals surface area contributed by atoms with Gasteiger partial charge in [0.25, 0.3) is 10.2 Å². The second kappa shape index (κ2) is 9.08. The number of fused-ring (bicyclic) bond motifs is 2. The molecule has 0 amide bonds. The summed E-state index contributed by atoms with van der Waals surface area (Å²) in [4.78, 5) is 0.0908. The van der Waals surface area contributed by atoms with Gasteiger partial charge in [0.2, 0.25) is 10.0 Å². The van der Waals surface area contributed by atoms with Crippen LogP contribution in [-0.2, 0) is 33.2 Å². The van der Waals surface area contributed by atoms with E-state index in [1.807, 2.05) is 12.1 Å². The van der Waals surface area contributed by atoms with E-state index in [1.165, 1.54) is 22.6 Å². The third-order valence-electron chi connectivity index (χ3n) is 5.36. The molecule has 12 heteroatoms. The Kier molecular flexibility index (Phi) is 6.57. The van der Waals surface area contributed by atoms with E-state index in [9.17, 15) is 16.8 Å². The number of hydrogen-bond acceptors (Lipinski definition) is 6. The number of hydrogen-bond donors (Lipinski definition) is 2. The molecule has 0 saturated carbocycles.